The van der Waals surface area contributed by atoms with Crippen LogP contribution in [0.2, 0.25) is 0 Å². The average Bonchev–Trinajstić information content (AvgIpc) is 2.78. The first-order valence-corrected chi connectivity index (χ1v) is 6.05. The van der Waals surface area contributed by atoms with Crippen molar-refractivity contribution in [3.05, 3.63) is 57.9 Å². The molecule has 3 aromatic rings. The van der Waals surface area contributed by atoms with Crippen molar-refractivity contribution in [2.75, 3.05) is 5.32 Å². The molecule has 3 rings (SSSR count). The minimum atomic E-state index is -0.513. The van der Waals surface area contributed by atoms with Crippen LogP contribution in [-0.4, -0.2) is 25.5 Å². The Morgan fingerprint density at radius 2 is 2.19 bits per heavy atom. The standard InChI is InChI=1S/C13H10FN5O2/c1-7-4-8(5-11(20)15-7)12(21)17-13-16-10-3-2-9(14)6-19(10)18-13/h2-6H,1H3,(H,15,20)(H,17,18,21). The highest BCUT2D eigenvalue weighted by atomic mass is 19.1. The van der Waals surface area contributed by atoms with Gasteiger partial charge in [-0.25, -0.2) is 8.91 Å². The first-order valence-electron chi connectivity index (χ1n) is 6.05. The largest absolute Gasteiger partial charge is 0.326 e. The van der Waals surface area contributed by atoms with E-state index in [0.29, 0.717) is 11.3 Å². The van der Waals surface area contributed by atoms with E-state index in [1.807, 2.05) is 0 Å². The third-order valence-electron chi connectivity index (χ3n) is 2.76. The van der Waals surface area contributed by atoms with Gasteiger partial charge in [0.2, 0.25) is 11.5 Å². The van der Waals surface area contributed by atoms with Gasteiger partial charge in [0.15, 0.2) is 5.65 Å². The van der Waals surface area contributed by atoms with E-state index in [0.717, 1.165) is 6.20 Å². The minimum Gasteiger partial charge on any atom is -0.326 e. The highest BCUT2D eigenvalue weighted by molar-refractivity contribution is 6.03. The zero-order valence-corrected chi connectivity index (χ0v) is 10.9. The molecule has 0 atom stereocenters. The van der Waals surface area contributed by atoms with E-state index in [4.69, 9.17) is 0 Å². The summed E-state index contributed by atoms with van der Waals surface area (Å²) in [6.45, 7) is 1.67. The number of anilines is 1. The fourth-order valence-electron chi connectivity index (χ4n) is 1.90. The molecule has 0 spiro atoms. The Labute approximate surface area is 117 Å². The highest BCUT2D eigenvalue weighted by Crippen LogP contribution is 2.08. The number of hydrogen-bond donors (Lipinski definition) is 2. The number of aromatic nitrogens is 4. The van der Waals surface area contributed by atoms with E-state index in [-0.39, 0.29) is 17.1 Å². The Bertz CT molecular complexity index is 899. The maximum absolute atomic E-state index is 13.0. The van der Waals surface area contributed by atoms with Crippen LogP contribution in [0, 0.1) is 12.7 Å². The third kappa shape index (κ3) is 2.64. The number of nitrogens with one attached hydrogen (secondary N) is 2. The molecule has 1 amide bonds. The van der Waals surface area contributed by atoms with Crippen LogP contribution in [0.25, 0.3) is 5.65 Å². The zero-order chi connectivity index (χ0) is 15.0. The fourth-order valence-corrected chi connectivity index (χ4v) is 1.90. The summed E-state index contributed by atoms with van der Waals surface area (Å²) in [6.07, 6.45) is 1.15. The summed E-state index contributed by atoms with van der Waals surface area (Å²) >= 11 is 0. The summed E-state index contributed by atoms with van der Waals surface area (Å²) in [5.41, 5.74) is 0.790. The van der Waals surface area contributed by atoms with Gasteiger partial charge in [0.1, 0.15) is 5.82 Å². The van der Waals surface area contributed by atoms with Crippen LogP contribution in [0.3, 0.4) is 0 Å². The number of amides is 1. The molecule has 0 saturated heterocycles. The molecule has 0 bridgehead atoms. The molecule has 0 saturated carbocycles. The van der Waals surface area contributed by atoms with Crippen molar-refractivity contribution in [2.45, 2.75) is 6.92 Å². The highest BCUT2D eigenvalue weighted by Gasteiger charge is 2.11. The number of carbonyl (C=O) groups excluding carboxylic acids is 1. The first-order chi connectivity index (χ1) is 10.0. The van der Waals surface area contributed by atoms with Gasteiger partial charge in [-0.05, 0) is 25.1 Å². The van der Waals surface area contributed by atoms with Gasteiger partial charge >= 0.3 is 0 Å². The summed E-state index contributed by atoms with van der Waals surface area (Å²) in [5, 5.41) is 6.40. The Hall–Kier alpha value is -3.03. The second-order valence-electron chi connectivity index (χ2n) is 4.46. The number of nitrogens with zero attached hydrogens (tertiary/aromatic N) is 3. The quantitative estimate of drug-likeness (QED) is 0.738. The van der Waals surface area contributed by atoms with E-state index < -0.39 is 11.7 Å². The Morgan fingerprint density at radius 1 is 1.38 bits per heavy atom. The van der Waals surface area contributed by atoms with Crippen LogP contribution < -0.4 is 10.9 Å². The predicted octanol–water partition coefficient (Wildman–Crippen LogP) is 1.12. The topological polar surface area (TPSA) is 92.2 Å². The first kappa shape index (κ1) is 13.0. The van der Waals surface area contributed by atoms with Crippen molar-refractivity contribution < 1.29 is 9.18 Å². The van der Waals surface area contributed by atoms with Crippen LogP contribution in [-0.2, 0) is 0 Å². The number of halogens is 1. The fraction of sp³-hybridized carbons (Fsp3) is 0.0769. The van der Waals surface area contributed by atoms with Gasteiger partial charge < -0.3 is 4.98 Å². The molecule has 0 aliphatic carbocycles. The summed E-state index contributed by atoms with van der Waals surface area (Å²) in [6, 6.07) is 5.40. The number of aryl methyl sites for hydroxylation is 1. The maximum Gasteiger partial charge on any atom is 0.258 e. The monoisotopic (exact) mass is 287 g/mol. The van der Waals surface area contributed by atoms with Crippen molar-refractivity contribution in [3.8, 4) is 0 Å². The number of H-pyrrole nitrogens is 1. The van der Waals surface area contributed by atoms with Crippen LogP contribution in [0.1, 0.15) is 16.1 Å². The molecule has 3 heterocycles. The third-order valence-corrected chi connectivity index (χ3v) is 2.76. The smallest absolute Gasteiger partial charge is 0.258 e. The van der Waals surface area contributed by atoms with Crippen LogP contribution in [0.15, 0.2) is 35.3 Å². The van der Waals surface area contributed by atoms with Gasteiger partial charge in [-0.3, -0.25) is 14.9 Å². The molecule has 0 aromatic carbocycles. The summed E-state index contributed by atoms with van der Waals surface area (Å²) in [4.78, 5) is 29.9. The van der Waals surface area contributed by atoms with E-state index in [2.05, 4.69) is 20.4 Å². The normalized spacial score (nSPS) is 10.8. The average molecular weight is 287 g/mol. The van der Waals surface area contributed by atoms with E-state index in [9.17, 15) is 14.0 Å². The lowest BCUT2D eigenvalue weighted by molar-refractivity contribution is 0.102. The molecule has 0 unspecified atom stereocenters. The van der Waals surface area contributed by atoms with Gasteiger partial charge in [0.25, 0.3) is 5.91 Å². The van der Waals surface area contributed by atoms with Gasteiger partial charge in [-0.1, -0.05) is 0 Å². The van der Waals surface area contributed by atoms with Crippen LogP contribution >= 0.6 is 0 Å². The zero-order valence-electron chi connectivity index (χ0n) is 10.9. The predicted molar refractivity (Wildman–Crippen MR) is 72.7 cm³/mol. The van der Waals surface area contributed by atoms with Gasteiger partial charge in [0.05, 0.1) is 6.20 Å². The lowest BCUT2D eigenvalue weighted by Crippen LogP contribution is -2.17. The molecule has 8 heteroatoms. The number of fused-ring (bicyclic) bond motifs is 1. The lowest BCUT2D eigenvalue weighted by atomic mass is 10.2. The van der Waals surface area contributed by atoms with E-state index >= 15 is 0 Å². The summed E-state index contributed by atoms with van der Waals surface area (Å²) in [5.74, 6) is -0.945. The molecule has 0 radical (unpaired) electrons. The second-order valence-corrected chi connectivity index (χ2v) is 4.46. The van der Waals surface area contributed by atoms with Crippen molar-refractivity contribution in [1.29, 1.82) is 0 Å². The number of carbonyl (C=O) groups is 1. The molecular formula is C13H10FN5O2. The Balaban J connectivity index is 1.90. The molecule has 106 valence electrons. The molecule has 2 N–H and O–H groups in total. The SMILES string of the molecule is Cc1cc(C(=O)Nc2nc3ccc(F)cn3n2)cc(=O)[nH]1. The van der Waals surface area contributed by atoms with Gasteiger partial charge in [-0.15, -0.1) is 5.10 Å². The lowest BCUT2D eigenvalue weighted by Gasteiger charge is -2.01. The van der Waals surface area contributed by atoms with Crippen molar-refractivity contribution in [2.24, 2.45) is 0 Å². The molecule has 7 nitrogen and oxygen atoms in total. The number of pyridine rings is 2. The molecule has 0 aliphatic rings. The van der Waals surface area contributed by atoms with Crippen LogP contribution in [0.4, 0.5) is 10.3 Å². The van der Waals surface area contributed by atoms with Crippen molar-refractivity contribution >= 4 is 17.5 Å². The van der Waals surface area contributed by atoms with Crippen molar-refractivity contribution in [3.63, 3.8) is 0 Å². The number of aromatic amines is 1. The molecule has 0 aliphatic heterocycles. The summed E-state index contributed by atoms with van der Waals surface area (Å²) < 4.78 is 14.3. The van der Waals surface area contributed by atoms with E-state index in [1.54, 1.807) is 6.92 Å². The molecule has 3 aromatic heterocycles. The second kappa shape index (κ2) is 4.82. The van der Waals surface area contributed by atoms with Gasteiger partial charge in [-0.2, -0.15) is 4.98 Å². The van der Waals surface area contributed by atoms with Crippen molar-refractivity contribution in [1.82, 2.24) is 19.6 Å². The molecular weight excluding hydrogens is 277 g/mol. The Morgan fingerprint density at radius 3 is 2.95 bits per heavy atom. The van der Waals surface area contributed by atoms with Crippen LogP contribution in [0.5, 0.6) is 0 Å². The maximum atomic E-state index is 13.0. The van der Waals surface area contributed by atoms with E-state index in [1.165, 1.54) is 28.8 Å². The molecule has 0 fully saturated rings. The number of hydrogen-bond acceptors (Lipinski definition) is 4. The van der Waals surface area contributed by atoms with Gasteiger partial charge in [0, 0.05) is 17.3 Å². The molecule has 21 heavy (non-hydrogen) atoms. The summed E-state index contributed by atoms with van der Waals surface area (Å²) in [7, 11) is 0. The number of rotatable bonds is 2. The Kier molecular flexibility index (Phi) is 2.98. The minimum absolute atomic E-state index is 0.0311.